The molecule has 0 saturated carbocycles. The predicted molar refractivity (Wildman–Crippen MR) is 155 cm³/mol. The van der Waals surface area contributed by atoms with Crippen LogP contribution in [0.1, 0.15) is 33.4 Å². The molecule has 0 heterocycles. The van der Waals surface area contributed by atoms with E-state index in [0.29, 0.717) is 24.3 Å². The van der Waals surface area contributed by atoms with Gasteiger partial charge >= 0.3 is 32.6 Å². The Bertz CT molecular complexity index is 1730. The first-order valence-corrected chi connectivity index (χ1v) is 16.3. The molecule has 240 valence electrons. The Kier molecular flexibility index (Phi) is 9.32. The molecule has 4 aromatic carbocycles. The lowest BCUT2D eigenvalue weighted by Gasteiger charge is -2.39. The van der Waals surface area contributed by atoms with Gasteiger partial charge in [-0.05, 0) is 37.1 Å². The molecular weight excluding hydrogens is 646 g/mol. The van der Waals surface area contributed by atoms with E-state index in [4.69, 9.17) is 8.37 Å². The van der Waals surface area contributed by atoms with Crippen LogP contribution in [0, 0.1) is 13.8 Å². The van der Waals surface area contributed by atoms with Crippen LogP contribution in [0.2, 0.25) is 0 Å². The molecule has 0 unspecified atom stereocenters. The van der Waals surface area contributed by atoms with Crippen molar-refractivity contribution < 1.29 is 51.5 Å². The second-order valence-corrected chi connectivity index (χ2v) is 13.4. The molecule has 0 N–H and O–H groups in total. The normalized spacial score (nSPS) is 13.0. The topological polar surface area (TPSA) is 86.7 Å². The summed E-state index contributed by atoms with van der Waals surface area (Å²) in [4.78, 5) is 0. The molecule has 14 heteroatoms. The summed E-state index contributed by atoms with van der Waals surface area (Å²) >= 11 is 0. The Morgan fingerprint density at radius 2 is 0.867 bits per heavy atom. The second kappa shape index (κ2) is 12.4. The average molecular weight is 673 g/mol. The van der Waals surface area contributed by atoms with Crippen LogP contribution in [0.5, 0.6) is 11.5 Å². The van der Waals surface area contributed by atoms with E-state index in [1.165, 1.54) is 62.4 Å². The lowest BCUT2D eigenvalue weighted by molar-refractivity contribution is -0.289. The highest BCUT2D eigenvalue weighted by atomic mass is 32.2. The zero-order valence-corrected chi connectivity index (χ0v) is 25.3. The summed E-state index contributed by atoms with van der Waals surface area (Å²) in [5, 5.41) is 0. The lowest BCUT2D eigenvalue weighted by Crippen LogP contribution is -2.55. The first-order chi connectivity index (χ1) is 20.8. The van der Waals surface area contributed by atoms with Gasteiger partial charge in [-0.1, -0.05) is 96.1 Å². The van der Waals surface area contributed by atoms with Crippen molar-refractivity contribution in [2.75, 3.05) is 0 Å². The maximum Gasteiger partial charge on any atom is 0.411 e. The third-order valence-electron chi connectivity index (χ3n) is 6.73. The van der Waals surface area contributed by atoms with Crippen molar-refractivity contribution in [1.29, 1.82) is 0 Å². The first kappa shape index (κ1) is 33.8. The molecule has 45 heavy (non-hydrogen) atoms. The Labute approximate surface area is 256 Å². The van der Waals surface area contributed by atoms with Gasteiger partial charge in [0.1, 0.15) is 23.0 Å². The van der Waals surface area contributed by atoms with Crippen LogP contribution in [0.25, 0.3) is 0 Å². The summed E-state index contributed by atoms with van der Waals surface area (Å²) in [5.41, 5.74) is -8.09. The van der Waals surface area contributed by atoms with Crippen molar-refractivity contribution in [2.45, 2.75) is 43.1 Å². The van der Waals surface area contributed by atoms with Crippen molar-refractivity contribution in [3.05, 3.63) is 130 Å². The summed E-state index contributed by atoms with van der Waals surface area (Å²) in [7, 11) is -9.60. The van der Waals surface area contributed by atoms with E-state index >= 15 is 26.3 Å². The van der Waals surface area contributed by atoms with Crippen LogP contribution in [0.3, 0.4) is 0 Å². The number of aryl methyl sites for hydroxylation is 2. The van der Waals surface area contributed by atoms with E-state index in [-0.39, 0.29) is 22.3 Å². The maximum atomic E-state index is 15.3. The zero-order valence-electron chi connectivity index (χ0n) is 23.7. The second-order valence-electron chi connectivity index (χ2n) is 10.3. The van der Waals surface area contributed by atoms with Crippen LogP contribution >= 0.6 is 0 Å². The van der Waals surface area contributed by atoms with Crippen LogP contribution in [-0.2, 0) is 37.2 Å². The fourth-order valence-corrected chi connectivity index (χ4v) is 6.98. The summed E-state index contributed by atoms with van der Waals surface area (Å²) in [6.45, 7) is 2.42. The molecule has 4 aromatic rings. The Hall–Kier alpha value is -4.04. The lowest BCUT2D eigenvalue weighted by atomic mass is 9.71. The summed E-state index contributed by atoms with van der Waals surface area (Å²) in [5.74, 6) is -4.21. The molecule has 0 aliphatic carbocycles. The third-order valence-corrected chi connectivity index (χ3v) is 8.98. The minimum Gasteiger partial charge on any atom is -0.382 e. The van der Waals surface area contributed by atoms with E-state index in [1.807, 2.05) is 0 Å². The van der Waals surface area contributed by atoms with Gasteiger partial charge in [0.25, 0.3) is 0 Å². The minimum absolute atomic E-state index is 0.0949. The highest BCUT2D eigenvalue weighted by Gasteiger charge is 2.74. The van der Waals surface area contributed by atoms with Gasteiger partial charge in [0.2, 0.25) is 5.41 Å². The Morgan fingerprint density at radius 1 is 0.533 bits per heavy atom. The first-order valence-electron chi connectivity index (χ1n) is 13.1. The van der Waals surface area contributed by atoms with Gasteiger partial charge in [-0.2, -0.15) is 43.2 Å². The highest BCUT2D eigenvalue weighted by molar-refractivity contribution is 7.86. The Morgan fingerprint density at radius 3 is 1.18 bits per heavy atom. The van der Waals surface area contributed by atoms with Crippen molar-refractivity contribution in [3.63, 3.8) is 0 Å². The van der Waals surface area contributed by atoms with Gasteiger partial charge in [-0.15, -0.1) is 0 Å². The van der Waals surface area contributed by atoms with Crippen molar-refractivity contribution in [1.82, 2.24) is 0 Å². The van der Waals surface area contributed by atoms with Gasteiger partial charge in [-0.25, -0.2) is 0 Å². The molecule has 0 aliphatic heterocycles. The highest BCUT2D eigenvalue weighted by Crippen LogP contribution is 2.60. The van der Waals surface area contributed by atoms with Crippen LogP contribution in [0.4, 0.5) is 26.3 Å². The van der Waals surface area contributed by atoms with E-state index < -0.39 is 72.1 Å². The standard InChI is InChI=1S/C31H26F6O6S2/c1-21-13-15-27(42-44(38,39)19-23-9-5-3-6-10-23)25(17-21)29(30(32,33)34,31(35,36)37)26-18-22(2)14-16-28(26)43-45(40,41)20-24-11-7-4-8-12-24/h3-18H,19-20H2,1-2H3. The van der Waals surface area contributed by atoms with Gasteiger partial charge in [0, 0.05) is 11.1 Å². The van der Waals surface area contributed by atoms with Crippen molar-refractivity contribution >= 4 is 20.2 Å². The number of halogens is 6. The third kappa shape index (κ3) is 7.44. The molecule has 0 aliphatic rings. The van der Waals surface area contributed by atoms with E-state index in [2.05, 4.69) is 0 Å². The largest absolute Gasteiger partial charge is 0.411 e. The quantitative estimate of drug-likeness (QED) is 0.128. The average Bonchev–Trinajstić information content (AvgIpc) is 2.91. The van der Waals surface area contributed by atoms with E-state index in [1.54, 1.807) is 12.1 Å². The zero-order chi connectivity index (χ0) is 33.3. The maximum absolute atomic E-state index is 15.3. The number of alkyl halides is 6. The number of benzene rings is 4. The molecule has 0 atom stereocenters. The van der Waals surface area contributed by atoms with Gasteiger partial charge in [0.15, 0.2) is 0 Å². The fraction of sp³-hybridized carbons (Fsp3) is 0.226. The van der Waals surface area contributed by atoms with Gasteiger partial charge < -0.3 is 8.37 Å². The summed E-state index contributed by atoms with van der Waals surface area (Å²) < 4.78 is 154. The van der Waals surface area contributed by atoms with Crippen molar-refractivity contribution in [3.8, 4) is 11.5 Å². The molecule has 0 spiro atoms. The monoisotopic (exact) mass is 672 g/mol. The molecule has 0 amide bonds. The summed E-state index contributed by atoms with van der Waals surface area (Å²) in [6, 6.07) is 19.3. The van der Waals surface area contributed by atoms with Crippen molar-refractivity contribution in [2.24, 2.45) is 0 Å². The molecular formula is C31H26F6O6S2. The predicted octanol–water partition coefficient (Wildman–Crippen LogP) is 7.53. The fourth-order valence-electron chi connectivity index (χ4n) is 4.82. The van der Waals surface area contributed by atoms with E-state index in [9.17, 15) is 16.8 Å². The van der Waals surface area contributed by atoms with Crippen LogP contribution in [-0.4, -0.2) is 29.2 Å². The molecule has 4 rings (SSSR count). The van der Waals surface area contributed by atoms with Crippen LogP contribution in [0.15, 0.2) is 97.1 Å². The SMILES string of the molecule is Cc1ccc(OS(=O)(=O)Cc2ccccc2)c(C(c2cc(C)ccc2OS(=O)(=O)Cc2ccccc2)(C(F)(F)F)C(F)(F)F)c1. The molecule has 6 nitrogen and oxygen atoms in total. The smallest absolute Gasteiger partial charge is 0.382 e. The molecule has 0 saturated heterocycles. The van der Waals surface area contributed by atoms with Crippen LogP contribution < -0.4 is 8.37 Å². The summed E-state index contributed by atoms with van der Waals surface area (Å²) in [6.07, 6.45) is -12.5. The number of hydrogen-bond donors (Lipinski definition) is 0. The molecule has 0 aromatic heterocycles. The number of hydrogen-bond acceptors (Lipinski definition) is 6. The Balaban J connectivity index is 1.97. The molecule has 0 bridgehead atoms. The number of rotatable bonds is 10. The molecule has 0 radical (unpaired) electrons. The van der Waals surface area contributed by atoms with E-state index in [0.717, 1.165) is 12.1 Å². The molecule has 0 fully saturated rings. The van der Waals surface area contributed by atoms with Gasteiger partial charge in [-0.3, -0.25) is 0 Å². The van der Waals surface area contributed by atoms with Gasteiger partial charge in [0.05, 0.1) is 0 Å². The minimum atomic E-state index is -6.23.